The fourth-order valence-electron chi connectivity index (χ4n) is 2.05. The van der Waals surface area contributed by atoms with Gasteiger partial charge in [-0.3, -0.25) is 0 Å². The molecule has 0 atom stereocenters. The van der Waals surface area contributed by atoms with Crippen LogP contribution in [0.3, 0.4) is 0 Å². The molecular weight excluding hydrogens is 377 g/mol. The minimum atomic E-state index is -4.21. The average molecular weight is 394 g/mol. The largest absolute Gasteiger partial charge is 0.494 e. The lowest BCUT2D eigenvalue weighted by molar-refractivity contribution is -0.136. The Morgan fingerprint density at radius 1 is 0.893 bits per heavy atom. The van der Waals surface area contributed by atoms with Crippen molar-refractivity contribution in [1.29, 1.82) is 0 Å². The predicted octanol–water partition coefficient (Wildman–Crippen LogP) is 4.72. The van der Waals surface area contributed by atoms with Crippen LogP contribution in [0.25, 0.3) is 0 Å². The Hall–Kier alpha value is -3.29. The van der Waals surface area contributed by atoms with Crippen molar-refractivity contribution in [3.63, 3.8) is 0 Å². The smallest absolute Gasteiger partial charge is 0.389 e. The molecule has 28 heavy (non-hydrogen) atoms. The highest BCUT2D eigenvalue weighted by Gasteiger charge is 2.26. The lowest BCUT2D eigenvalue weighted by atomic mass is 10.2. The van der Waals surface area contributed by atoms with Gasteiger partial charge < -0.3 is 14.2 Å². The number of carbonyl (C=O) groups excluding carboxylic acids is 2. The van der Waals surface area contributed by atoms with E-state index < -0.39 is 24.5 Å². The summed E-state index contributed by atoms with van der Waals surface area (Å²) in [4.78, 5) is 23.2. The molecule has 2 rings (SSSR count). The summed E-state index contributed by atoms with van der Waals surface area (Å²) in [6.45, 7) is 3.21. The summed E-state index contributed by atoms with van der Waals surface area (Å²) in [5.74, 6) is -0.357. The molecule has 0 saturated heterocycles. The van der Waals surface area contributed by atoms with Crippen LogP contribution < -0.4 is 14.2 Å². The molecule has 0 radical (unpaired) electrons. The van der Waals surface area contributed by atoms with E-state index in [0.29, 0.717) is 5.75 Å². The molecule has 0 heterocycles. The molecule has 0 saturated carbocycles. The van der Waals surface area contributed by atoms with Crippen LogP contribution >= 0.6 is 0 Å². The molecule has 5 nitrogen and oxygen atoms in total. The van der Waals surface area contributed by atoms with Gasteiger partial charge in [-0.15, -0.1) is 0 Å². The first-order valence-corrected chi connectivity index (χ1v) is 8.23. The van der Waals surface area contributed by atoms with Crippen molar-refractivity contribution in [3.05, 3.63) is 66.7 Å². The third kappa shape index (κ3) is 7.14. The average Bonchev–Trinajstić information content (AvgIpc) is 2.66. The van der Waals surface area contributed by atoms with Crippen LogP contribution in [0.4, 0.5) is 13.2 Å². The molecule has 0 N–H and O–H groups in total. The van der Waals surface area contributed by atoms with E-state index in [1.54, 1.807) is 0 Å². The summed E-state index contributed by atoms with van der Waals surface area (Å²) >= 11 is 0. The van der Waals surface area contributed by atoms with E-state index in [2.05, 4.69) is 6.58 Å². The summed E-state index contributed by atoms with van der Waals surface area (Å²) in [6.07, 6.45) is -4.24. The van der Waals surface area contributed by atoms with Crippen molar-refractivity contribution in [2.24, 2.45) is 0 Å². The second kappa shape index (κ2) is 9.59. The highest BCUT2D eigenvalue weighted by Crippen LogP contribution is 2.22. The van der Waals surface area contributed by atoms with Crippen LogP contribution in [0.15, 0.2) is 61.2 Å². The van der Waals surface area contributed by atoms with Gasteiger partial charge in [0.1, 0.15) is 17.2 Å². The Morgan fingerprint density at radius 2 is 1.43 bits per heavy atom. The van der Waals surface area contributed by atoms with Gasteiger partial charge in [0, 0.05) is 12.5 Å². The van der Waals surface area contributed by atoms with Gasteiger partial charge in [0.25, 0.3) is 0 Å². The molecule has 2 aromatic carbocycles. The van der Waals surface area contributed by atoms with Crippen molar-refractivity contribution in [3.8, 4) is 17.2 Å². The Bertz CT molecular complexity index is 811. The second-order valence-corrected chi connectivity index (χ2v) is 5.58. The van der Waals surface area contributed by atoms with E-state index in [1.165, 1.54) is 48.5 Å². The van der Waals surface area contributed by atoms with Gasteiger partial charge in [-0.1, -0.05) is 6.58 Å². The van der Waals surface area contributed by atoms with E-state index in [9.17, 15) is 22.8 Å². The molecule has 0 spiro atoms. The number of alkyl halides is 3. The van der Waals surface area contributed by atoms with Crippen molar-refractivity contribution in [2.45, 2.75) is 19.0 Å². The Kier molecular flexibility index (Phi) is 7.20. The Balaban J connectivity index is 1.85. The van der Waals surface area contributed by atoms with Gasteiger partial charge in [-0.25, -0.2) is 9.59 Å². The summed E-state index contributed by atoms with van der Waals surface area (Å²) < 4.78 is 51.5. The first-order chi connectivity index (χ1) is 13.3. The van der Waals surface area contributed by atoms with Crippen LogP contribution in [0.5, 0.6) is 17.2 Å². The number of esters is 2. The lowest BCUT2D eigenvalue weighted by Gasteiger charge is -2.09. The molecule has 0 bridgehead atoms. The van der Waals surface area contributed by atoms with Crippen LogP contribution in [0, 0.1) is 0 Å². The van der Waals surface area contributed by atoms with Crippen molar-refractivity contribution in [1.82, 2.24) is 0 Å². The zero-order valence-corrected chi connectivity index (χ0v) is 14.7. The minimum Gasteiger partial charge on any atom is -0.494 e. The first-order valence-electron chi connectivity index (χ1n) is 8.23. The third-order valence-corrected chi connectivity index (χ3v) is 3.38. The van der Waals surface area contributed by atoms with E-state index in [4.69, 9.17) is 14.2 Å². The van der Waals surface area contributed by atoms with E-state index >= 15 is 0 Å². The zero-order valence-electron chi connectivity index (χ0n) is 14.7. The second-order valence-electron chi connectivity index (χ2n) is 5.58. The molecule has 0 aromatic heterocycles. The predicted molar refractivity (Wildman–Crippen MR) is 94.5 cm³/mol. The third-order valence-electron chi connectivity index (χ3n) is 3.38. The maximum atomic E-state index is 12.1. The zero-order chi connectivity index (χ0) is 20.6. The summed E-state index contributed by atoms with van der Waals surface area (Å²) in [7, 11) is 0. The fourth-order valence-corrected chi connectivity index (χ4v) is 2.05. The molecule has 0 fully saturated rings. The molecule has 0 aliphatic heterocycles. The number of ether oxygens (including phenoxy) is 3. The highest BCUT2D eigenvalue weighted by molar-refractivity contribution is 5.91. The van der Waals surface area contributed by atoms with Gasteiger partial charge in [0.05, 0.1) is 12.2 Å². The first kappa shape index (κ1) is 21.0. The van der Waals surface area contributed by atoms with Gasteiger partial charge in [0.2, 0.25) is 0 Å². The number of halogens is 3. The van der Waals surface area contributed by atoms with E-state index in [0.717, 1.165) is 6.08 Å². The van der Waals surface area contributed by atoms with Crippen molar-refractivity contribution in [2.75, 3.05) is 6.61 Å². The molecule has 8 heteroatoms. The highest BCUT2D eigenvalue weighted by atomic mass is 19.4. The van der Waals surface area contributed by atoms with Crippen LogP contribution in [-0.4, -0.2) is 24.7 Å². The van der Waals surface area contributed by atoms with Crippen molar-refractivity contribution < 1.29 is 37.0 Å². The SMILES string of the molecule is C=CC(=O)Oc1ccc(OC(=O)c2ccc(OCCCC(F)(F)F)cc2)cc1. The maximum Gasteiger partial charge on any atom is 0.389 e. The minimum absolute atomic E-state index is 0.0773. The lowest BCUT2D eigenvalue weighted by Crippen LogP contribution is -2.10. The van der Waals surface area contributed by atoms with Crippen molar-refractivity contribution >= 4 is 11.9 Å². The molecule has 0 unspecified atom stereocenters. The number of carbonyl (C=O) groups is 2. The fraction of sp³-hybridized carbons (Fsp3) is 0.200. The van der Waals surface area contributed by atoms with Gasteiger partial charge in [-0.2, -0.15) is 13.2 Å². The van der Waals surface area contributed by atoms with Gasteiger partial charge >= 0.3 is 18.1 Å². The summed E-state index contributed by atoms with van der Waals surface area (Å²) in [5, 5.41) is 0. The van der Waals surface area contributed by atoms with E-state index in [-0.39, 0.29) is 30.1 Å². The van der Waals surface area contributed by atoms with Gasteiger partial charge in [0.15, 0.2) is 0 Å². The number of rotatable bonds is 8. The van der Waals surface area contributed by atoms with Gasteiger partial charge in [-0.05, 0) is 55.0 Å². The Morgan fingerprint density at radius 3 is 1.96 bits per heavy atom. The maximum absolute atomic E-state index is 12.1. The van der Waals surface area contributed by atoms with E-state index in [1.807, 2.05) is 0 Å². The normalized spacial score (nSPS) is 10.8. The summed E-state index contributed by atoms with van der Waals surface area (Å²) in [6, 6.07) is 11.7. The quantitative estimate of drug-likeness (QED) is 0.281. The molecule has 0 aliphatic rings. The van der Waals surface area contributed by atoms with Crippen LogP contribution in [-0.2, 0) is 4.79 Å². The number of benzene rings is 2. The number of hydrogen-bond acceptors (Lipinski definition) is 5. The molecule has 0 aliphatic carbocycles. The standard InChI is InChI=1S/C20H17F3O5/c1-2-18(24)27-16-8-10-17(11-9-16)28-19(25)14-4-6-15(7-5-14)26-13-3-12-20(21,22)23/h2,4-11H,1,3,12-13H2. The molecule has 2 aromatic rings. The summed E-state index contributed by atoms with van der Waals surface area (Å²) in [5.41, 5.74) is 0.241. The van der Waals surface area contributed by atoms with Crippen LogP contribution in [0.2, 0.25) is 0 Å². The monoisotopic (exact) mass is 394 g/mol. The molecule has 148 valence electrons. The van der Waals surface area contributed by atoms with Crippen LogP contribution in [0.1, 0.15) is 23.2 Å². The molecular formula is C20H17F3O5. The molecule has 0 amide bonds. The Labute approximate surface area is 159 Å². The topological polar surface area (TPSA) is 61.8 Å². The number of hydrogen-bond donors (Lipinski definition) is 0.